The van der Waals surface area contributed by atoms with Gasteiger partial charge in [0, 0.05) is 12.4 Å². The second-order valence-electron chi connectivity index (χ2n) is 2.56. The average Bonchev–Trinajstić information content (AvgIpc) is 2.36. The topological polar surface area (TPSA) is 72.9 Å². The highest BCUT2D eigenvalue weighted by Gasteiger charge is 2.10. The number of hydrogen-bond donors (Lipinski definition) is 2. The Hall–Kier alpha value is -2.04. The molecule has 1 amide bonds. The summed E-state index contributed by atoms with van der Waals surface area (Å²) in [4.78, 5) is 14.9. The molecule has 0 aromatic carbocycles. The number of aromatic nitrogens is 2. The first-order valence-corrected chi connectivity index (χ1v) is 3.75. The zero-order valence-corrected chi connectivity index (χ0v) is 6.77. The van der Waals surface area contributed by atoms with Crippen molar-refractivity contribution in [1.82, 2.24) is 14.9 Å². The van der Waals surface area contributed by atoms with Gasteiger partial charge in [-0.05, 0) is 12.2 Å². The summed E-state index contributed by atoms with van der Waals surface area (Å²) in [5.41, 5.74) is 6.55. The average molecular weight is 176 g/mol. The minimum atomic E-state index is -0.534. The van der Waals surface area contributed by atoms with Gasteiger partial charge in [-0.3, -0.25) is 4.57 Å². The first kappa shape index (κ1) is 7.60. The van der Waals surface area contributed by atoms with Gasteiger partial charge in [0.15, 0.2) is 0 Å². The van der Waals surface area contributed by atoms with E-state index in [1.54, 1.807) is 24.6 Å². The number of hydrogen-bond acceptors (Lipinski definition) is 3. The van der Waals surface area contributed by atoms with Crippen LogP contribution < -0.4 is 11.1 Å². The fraction of sp³-hybridized carbons (Fsp3) is 0. The van der Waals surface area contributed by atoms with E-state index in [9.17, 15) is 4.79 Å². The van der Waals surface area contributed by atoms with Gasteiger partial charge in [-0.25, -0.2) is 9.78 Å². The number of amides is 1. The van der Waals surface area contributed by atoms with Gasteiger partial charge in [0.2, 0.25) is 0 Å². The molecular formula is C8H8N4O. The molecule has 0 aliphatic carbocycles. The van der Waals surface area contributed by atoms with Gasteiger partial charge in [-0.1, -0.05) is 0 Å². The number of nitrogens with zero attached hydrogens (tertiary/aromatic N) is 2. The smallest absolute Gasteiger partial charge is 0.324 e. The maximum Gasteiger partial charge on any atom is 0.324 e. The molecule has 13 heavy (non-hydrogen) atoms. The normalized spacial score (nSPS) is 13.2. The highest BCUT2D eigenvalue weighted by Crippen LogP contribution is 2.12. The van der Waals surface area contributed by atoms with E-state index in [2.05, 4.69) is 10.3 Å². The summed E-state index contributed by atoms with van der Waals surface area (Å²) in [6.45, 7) is 0. The highest BCUT2D eigenvalue weighted by atomic mass is 16.2. The van der Waals surface area contributed by atoms with Gasteiger partial charge in [0.05, 0.1) is 11.4 Å². The second kappa shape index (κ2) is 2.78. The number of fused-ring (bicyclic) bond motifs is 1. The predicted molar refractivity (Wildman–Crippen MR) is 48.4 cm³/mol. The summed E-state index contributed by atoms with van der Waals surface area (Å²) < 4.78 is 1.29. The Morgan fingerprint density at radius 3 is 3.00 bits per heavy atom. The molecule has 5 nitrogen and oxygen atoms in total. The van der Waals surface area contributed by atoms with Gasteiger partial charge in [-0.2, -0.15) is 0 Å². The zero-order chi connectivity index (χ0) is 9.26. The van der Waals surface area contributed by atoms with E-state index < -0.39 is 6.03 Å². The van der Waals surface area contributed by atoms with Crippen molar-refractivity contribution < 1.29 is 4.79 Å². The molecule has 66 valence electrons. The molecule has 1 aliphatic heterocycles. The fourth-order valence-corrected chi connectivity index (χ4v) is 1.15. The molecule has 0 spiro atoms. The van der Waals surface area contributed by atoms with Crippen LogP contribution in [0.5, 0.6) is 0 Å². The van der Waals surface area contributed by atoms with Crippen molar-refractivity contribution in [3.05, 3.63) is 30.1 Å². The summed E-state index contributed by atoms with van der Waals surface area (Å²) >= 11 is 0. The van der Waals surface area contributed by atoms with Gasteiger partial charge >= 0.3 is 6.03 Å². The Balaban J connectivity index is 2.58. The lowest BCUT2D eigenvalue weighted by Gasteiger charge is -1.97. The molecule has 0 bridgehead atoms. The van der Waals surface area contributed by atoms with E-state index in [-0.39, 0.29) is 0 Å². The molecule has 1 aliphatic rings. The van der Waals surface area contributed by atoms with Crippen LogP contribution in [0.2, 0.25) is 0 Å². The third kappa shape index (κ3) is 1.20. The summed E-state index contributed by atoms with van der Waals surface area (Å²) in [6.07, 6.45) is 8.37. The van der Waals surface area contributed by atoms with E-state index in [0.717, 1.165) is 5.69 Å². The second-order valence-corrected chi connectivity index (χ2v) is 2.56. The Morgan fingerprint density at radius 1 is 1.46 bits per heavy atom. The molecule has 0 atom stereocenters. The fourth-order valence-electron chi connectivity index (χ4n) is 1.15. The molecule has 0 unspecified atom stereocenters. The molecule has 1 aromatic rings. The third-order valence-corrected chi connectivity index (χ3v) is 1.75. The van der Waals surface area contributed by atoms with Crippen LogP contribution in [0.1, 0.15) is 11.4 Å². The number of carbonyl (C=O) groups is 1. The van der Waals surface area contributed by atoms with Crippen molar-refractivity contribution in [3.63, 3.8) is 0 Å². The molecule has 5 heteroatoms. The predicted octanol–water partition coefficient (Wildman–Crippen LogP) is 0.355. The number of nitrogens with one attached hydrogen (secondary N) is 1. The van der Waals surface area contributed by atoms with E-state index >= 15 is 0 Å². The van der Waals surface area contributed by atoms with Gasteiger partial charge < -0.3 is 11.1 Å². The van der Waals surface area contributed by atoms with Crippen LogP contribution in [0.3, 0.4) is 0 Å². The summed E-state index contributed by atoms with van der Waals surface area (Å²) in [7, 11) is 0. The largest absolute Gasteiger partial charge is 0.367 e. The van der Waals surface area contributed by atoms with Gasteiger partial charge in [0.1, 0.15) is 6.33 Å². The highest BCUT2D eigenvalue weighted by molar-refractivity contribution is 5.79. The maximum atomic E-state index is 10.9. The summed E-state index contributed by atoms with van der Waals surface area (Å²) in [6, 6.07) is -0.534. The minimum absolute atomic E-state index is 0.534. The van der Waals surface area contributed by atoms with Crippen molar-refractivity contribution in [3.8, 4) is 0 Å². The van der Waals surface area contributed by atoms with Crippen LogP contribution in [-0.4, -0.2) is 15.6 Å². The monoisotopic (exact) mass is 176 g/mol. The number of primary amides is 1. The molecule has 0 saturated carbocycles. The minimum Gasteiger partial charge on any atom is -0.367 e. The van der Waals surface area contributed by atoms with Gasteiger partial charge in [-0.15, -0.1) is 0 Å². The van der Waals surface area contributed by atoms with E-state index in [0.29, 0.717) is 5.69 Å². The zero-order valence-electron chi connectivity index (χ0n) is 6.77. The van der Waals surface area contributed by atoms with Crippen molar-refractivity contribution in [2.45, 2.75) is 0 Å². The SMILES string of the molecule is NC(=O)n1cnc2c1C=CNC=C2. The van der Waals surface area contributed by atoms with Crippen LogP contribution in [-0.2, 0) is 0 Å². The van der Waals surface area contributed by atoms with Crippen molar-refractivity contribution >= 4 is 18.2 Å². The lowest BCUT2D eigenvalue weighted by atomic mass is 10.3. The number of nitrogens with two attached hydrogens (primary N) is 1. The van der Waals surface area contributed by atoms with Gasteiger partial charge in [0.25, 0.3) is 0 Å². The van der Waals surface area contributed by atoms with E-state index in [1.165, 1.54) is 10.9 Å². The lowest BCUT2D eigenvalue weighted by molar-refractivity contribution is 0.250. The molecule has 0 saturated heterocycles. The van der Waals surface area contributed by atoms with Crippen LogP contribution >= 0.6 is 0 Å². The Kier molecular flexibility index (Phi) is 1.63. The molecule has 2 rings (SSSR count). The first-order chi connectivity index (χ1) is 6.29. The van der Waals surface area contributed by atoms with E-state index in [4.69, 9.17) is 5.73 Å². The number of rotatable bonds is 0. The summed E-state index contributed by atoms with van der Waals surface area (Å²) in [5, 5.41) is 2.88. The van der Waals surface area contributed by atoms with E-state index in [1.807, 2.05) is 0 Å². The molecule has 3 N–H and O–H groups in total. The molecule has 0 fully saturated rings. The molecule has 0 radical (unpaired) electrons. The Bertz CT molecular complexity index is 402. The summed E-state index contributed by atoms with van der Waals surface area (Å²) in [5.74, 6) is 0. The molecule has 2 heterocycles. The molecule has 1 aromatic heterocycles. The number of carbonyl (C=O) groups excluding carboxylic acids is 1. The van der Waals surface area contributed by atoms with Crippen molar-refractivity contribution in [1.29, 1.82) is 0 Å². The van der Waals surface area contributed by atoms with Crippen LogP contribution in [0.4, 0.5) is 4.79 Å². The third-order valence-electron chi connectivity index (χ3n) is 1.75. The Labute approximate surface area is 74.6 Å². The standard InChI is InChI=1S/C8H8N4O/c9-8(13)12-5-11-6-1-3-10-4-2-7(6)12/h1-5,10H,(H2,9,13). The van der Waals surface area contributed by atoms with Crippen LogP contribution in [0.25, 0.3) is 12.2 Å². The van der Waals surface area contributed by atoms with Crippen molar-refractivity contribution in [2.75, 3.05) is 0 Å². The lowest BCUT2D eigenvalue weighted by Crippen LogP contribution is -2.19. The first-order valence-electron chi connectivity index (χ1n) is 3.75. The maximum absolute atomic E-state index is 10.9. The quantitative estimate of drug-likeness (QED) is 0.599. The van der Waals surface area contributed by atoms with Crippen LogP contribution in [0.15, 0.2) is 18.7 Å². The Morgan fingerprint density at radius 2 is 2.23 bits per heavy atom. The molecular weight excluding hydrogens is 168 g/mol. The number of imidazole rings is 1. The van der Waals surface area contributed by atoms with Crippen molar-refractivity contribution in [2.24, 2.45) is 5.73 Å². The van der Waals surface area contributed by atoms with Crippen LogP contribution in [0, 0.1) is 0 Å².